The molecule has 1 aromatic heterocycles. The molecular weight excluding hydrogens is 293 g/mol. The second-order valence-corrected chi connectivity index (χ2v) is 6.45. The summed E-state index contributed by atoms with van der Waals surface area (Å²) in [5.41, 5.74) is 8.13. The van der Waals surface area contributed by atoms with Crippen LogP contribution in [-0.2, 0) is 10.0 Å². The Morgan fingerprint density at radius 3 is 2.43 bits per heavy atom. The van der Waals surface area contributed by atoms with Crippen LogP contribution >= 0.6 is 0 Å². The standard InChI is InChI=1S/C14H16FN3O2S/c1-8-6-12(16)10(3)14(9(8)2)21(19,20)18-13-5-4-11(15)7-17-13/h4-7H,16H2,1-3H3,(H,17,18). The summed E-state index contributed by atoms with van der Waals surface area (Å²) < 4.78 is 40.2. The van der Waals surface area contributed by atoms with Gasteiger partial charge in [-0.05, 0) is 55.7 Å². The molecule has 0 atom stereocenters. The molecule has 3 N–H and O–H groups in total. The number of aryl methyl sites for hydroxylation is 1. The highest BCUT2D eigenvalue weighted by Gasteiger charge is 2.22. The first-order valence-electron chi connectivity index (χ1n) is 6.23. The Bertz CT molecular complexity index is 761. The topological polar surface area (TPSA) is 85.1 Å². The first-order valence-corrected chi connectivity index (χ1v) is 7.71. The van der Waals surface area contributed by atoms with E-state index in [0.717, 1.165) is 17.8 Å². The Balaban J connectivity index is 2.52. The van der Waals surface area contributed by atoms with Crippen molar-refractivity contribution in [3.63, 3.8) is 0 Å². The Morgan fingerprint density at radius 1 is 1.19 bits per heavy atom. The minimum atomic E-state index is -3.85. The molecule has 0 radical (unpaired) electrons. The van der Waals surface area contributed by atoms with E-state index in [2.05, 4.69) is 9.71 Å². The monoisotopic (exact) mass is 309 g/mol. The quantitative estimate of drug-likeness (QED) is 0.853. The van der Waals surface area contributed by atoms with Crippen molar-refractivity contribution in [2.24, 2.45) is 0 Å². The van der Waals surface area contributed by atoms with Crippen molar-refractivity contribution in [1.82, 2.24) is 4.98 Å². The summed E-state index contributed by atoms with van der Waals surface area (Å²) in [6.45, 7) is 5.16. The molecule has 0 bridgehead atoms. The number of nitrogen functional groups attached to an aromatic ring is 1. The molecule has 112 valence electrons. The van der Waals surface area contributed by atoms with E-state index in [1.165, 1.54) is 6.07 Å². The third kappa shape index (κ3) is 2.97. The lowest BCUT2D eigenvalue weighted by atomic mass is 10.1. The fourth-order valence-corrected chi connectivity index (χ4v) is 3.65. The molecule has 0 saturated carbocycles. The molecule has 0 saturated heterocycles. The average Bonchev–Trinajstić information content (AvgIpc) is 2.39. The third-order valence-electron chi connectivity index (χ3n) is 3.31. The van der Waals surface area contributed by atoms with Gasteiger partial charge < -0.3 is 5.73 Å². The number of nitrogens with zero attached hydrogens (tertiary/aromatic N) is 1. The fourth-order valence-electron chi connectivity index (χ4n) is 2.07. The van der Waals surface area contributed by atoms with Gasteiger partial charge in [-0.25, -0.2) is 17.8 Å². The SMILES string of the molecule is Cc1cc(N)c(C)c(S(=O)(=O)Nc2ccc(F)cn2)c1C. The zero-order valence-corrected chi connectivity index (χ0v) is 12.8. The highest BCUT2D eigenvalue weighted by molar-refractivity contribution is 7.92. The molecule has 0 aliphatic rings. The van der Waals surface area contributed by atoms with Gasteiger partial charge in [0, 0.05) is 5.69 Å². The van der Waals surface area contributed by atoms with Crippen molar-refractivity contribution >= 4 is 21.5 Å². The first kappa shape index (κ1) is 15.2. The zero-order chi connectivity index (χ0) is 15.8. The van der Waals surface area contributed by atoms with Crippen LogP contribution in [0.1, 0.15) is 16.7 Å². The van der Waals surface area contributed by atoms with Crippen molar-refractivity contribution in [2.45, 2.75) is 25.7 Å². The van der Waals surface area contributed by atoms with Crippen LogP contribution in [0.15, 0.2) is 29.3 Å². The van der Waals surface area contributed by atoms with E-state index in [1.807, 2.05) is 0 Å². The van der Waals surface area contributed by atoms with Crippen LogP contribution in [0.3, 0.4) is 0 Å². The third-order valence-corrected chi connectivity index (χ3v) is 4.94. The van der Waals surface area contributed by atoms with E-state index in [4.69, 9.17) is 5.73 Å². The Labute approximate surface area is 123 Å². The molecule has 0 amide bonds. The van der Waals surface area contributed by atoms with Crippen molar-refractivity contribution in [3.8, 4) is 0 Å². The first-order chi connectivity index (χ1) is 9.72. The maximum absolute atomic E-state index is 12.8. The van der Waals surface area contributed by atoms with Gasteiger partial charge in [-0.15, -0.1) is 0 Å². The predicted molar refractivity (Wildman–Crippen MR) is 80.1 cm³/mol. The van der Waals surface area contributed by atoms with Crippen LogP contribution in [0, 0.1) is 26.6 Å². The molecule has 0 fully saturated rings. The molecule has 7 heteroatoms. The molecule has 0 aliphatic heterocycles. The summed E-state index contributed by atoms with van der Waals surface area (Å²) in [5.74, 6) is -0.486. The van der Waals surface area contributed by atoms with E-state index >= 15 is 0 Å². The zero-order valence-electron chi connectivity index (χ0n) is 11.9. The Kier molecular flexibility index (Phi) is 3.87. The van der Waals surface area contributed by atoms with Gasteiger partial charge in [0.1, 0.15) is 11.6 Å². The van der Waals surface area contributed by atoms with Gasteiger partial charge in [0.2, 0.25) is 0 Å². The number of halogens is 1. The fraction of sp³-hybridized carbons (Fsp3) is 0.214. The molecule has 0 spiro atoms. The lowest BCUT2D eigenvalue weighted by Crippen LogP contribution is -2.18. The van der Waals surface area contributed by atoms with E-state index < -0.39 is 15.8 Å². The second kappa shape index (κ2) is 5.33. The van der Waals surface area contributed by atoms with Gasteiger partial charge in [0.25, 0.3) is 10.0 Å². The van der Waals surface area contributed by atoms with Crippen LogP contribution < -0.4 is 10.5 Å². The number of sulfonamides is 1. The number of nitrogens with two attached hydrogens (primary N) is 1. The van der Waals surface area contributed by atoms with E-state index in [1.54, 1.807) is 26.8 Å². The molecule has 1 aromatic carbocycles. The van der Waals surface area contributed by atoms with Crippen molar-refractivity contribution in [2.75, 3.05) is 10.5 Å². The predicted octanol–water partition coefficient (Wildman–Crippen LogP) is 2.53. The molecule has 0 unspecified atom stereocenters. The number of benzene rings is 1. The Morgan fingerprint density at radius 2 is 1.86 bits per heavy atom. The molecule has 5 nitrogen and oxygen atoms in total. The van der Waals surface area contributed by atoms with Crippen molar-refractivity contribution < 1.29 is 12.8 Å². The minimum absolute atomic E-state index is 0.0512. The van der Waals surface area contributed by atoms with E-state index in [-0.39, 0.29) is 10.7 Å². The maximum Gasteiger partial charge on any atom is 0.263 e. The average molecular weight is 309 g/mol. The van der Waals surface area contributed by atoms with Crippen LogP contribution in [0.5, 0.6) is 0 Å². The summed E-state index contributed by atoms with van der Waals surface area (Å²) in [5, 5.41) is 0. The molecule has 2 aromatic rings. The number of aromatic nitrogens is 1. The van der Waals surface area contributed by atoms with Crippen LogP contribution in [0.4, 0.5) is 15.9 Å². The van der Waals surface area contributed by atoms with Gasteiger partial charge in [0.15, 0.2) is 0 Å². The van der Waals surface area contributed by atoms with Crippen LogP contribution in [-0.4, -0.2) is 13.4 Å². The molecule has 1 heterocycles. The van der Waals surface area contributed by atoms with Gasteiger partial charge in [-0.1, -0.05) is 0 Å². The molecular formula is C14H16FN3O2S. The minimum Gasteiger partial charge on any atom is -0.398 e. The summed E-state index contributed by atoms with van der Waals surface area (Å²) in [4.78, 5) is 3.83. The molecule has 0 aliphatic carbocycles. The number of rotatable bonds is 3. The maximum atomic E-state index is 12.8. The number of hydrogen-bond donors (Lipinski definition) is 2. The van der Waals surface area contributed by atoms with Crippen molar-refractivity contribution in [1.29, 1.82) is 0 Å². The lowest BCUT2D eigenvalue weighted by molar-refractivity contribution is 0.599. The Hall–Kier alpha value is -2.15. The molecule has 2 rings (SSSR count). The van der Waals surface area contributed by atoms with Crippen LogP contribution in [0.25, 0.3) is 0 Å². The van der Waals surface area contributed by atoms with Crippen LogP contribution in [0.2, 0.25) is 0 Å². The highest BCUT2D eigenvalue weighted by atomic mass is 32.2. The highest BCUT2D eigenvalue weighted by Crippen LogP contribution is 2.29. The largest absolute Gasteiger partial charge is 0.398 e. The lowest BCUT2D eigenvalue weighted by Gasteiger charge is -2.16. The van der Waals surface area contributed by atoms with E-state index in [0.29, 0.717) is 16.8 Å². The summed E-state index contributed by atoms with van der Waals surface area (Å²) in [6, 6.07) is 4.13. The number of pyridine rings is 1. The summed E-state index contributed by atoms with van der Waals surface area (Å²) in [7, 11) is -3.85. The molecule has 21 heavy (non-hydrogen) atoms. The van der Waals surface area contributed by atoms with Gasteiger partial charge in [-0.3, -0.25) is 4.72 Å². The van der Waals surface area contributed by atoms with Gasteiger partial charge >= 0.3 is 0 Å². The van der Waals surface area contributed by atoms with Gasteiger partial charge in [-0.2, -0.15) is 0 Å². The van der Waals surface area contributed by atoms with Gasteiger partial charge in [0.05, 0.1) is 11.1 Å². The summed E-state index contributed by atoms with van der Waals surface area (Å²) in [6.07, 6.45) is 0.947. The normalized spacial score (nSPS) is 11.4. The number of nitrogens with one attached hydrogen (secondary N) is 1. The number of hydrogen-bond acceptors (Lipinski definition) is 4. The smallest absolute Gasteiger partial charge is 0.263 e. The van der Waals surface area contributed by atoms with Crippen molar-refractivity contribution in [3.05, 3.63) is 46.9 Å². The second-order valence-electron chi connectivity index (χ2n) is 4.83. The van der Waals surface area contributed by atoms with E-state index in [9.17, 15) is 12.8 Å². The number of anilines is 2. The summed E-state index contributed by atoms with van der Waals surface area (Å²) >= 11 is 0.